The highest BCUT2D eigenvalue weighted by Crippen LogP contribution is 2.34. The highest BCUT2D eigenvalue weighted by molar-refractivity contribution is 7.59. The van der Waals surface area contributed by atoms with Crippen LogP contribution < -0.4 is 10.6 Å². The predicted molar refractivity (Wildman–Crippen MR) is 158 cm³/mol. The van der Waals surface area contributed by atoms with E-state index in [1.54, 1.807) is 18.2 Å². The zero-order valence-corrected chi connectivity index (χ0v) is 24.4. The summed E-state index contributed by atoms with van der Waals surface area (Å²) >= 11 is 6.38. The van der Waals surface area contributed by atoms with Gasteiger partial charge in [-0.3, -0.25) is 19.2 Å². The molecule has 4 atom stereocenters. The van der Waals surface area contributed by atoms with Crippen LogP contribution in [0.5, 0.6) is 0 Å². The first-order valence-corrected chi connectivity index (χ1v) is 11.7. The van der Waals surface area contributed by atoms with E-state index in [2.05, 4.69) is 10.6 Å². The quantitative estimate of drug-likeness (QED) is 0.519. The van der Waals surface area contributed by atoms with E-state index in [-0.39, 0.29) is 96.6 Å². The van der Waals surface area contributed by atoms with Gasteiger partial charge in [-0.15, -0.1) is 11.6 Å². The minimum atomic E-state index is -0.735. The number of anilines is 1. The molecule has 0 radical (unpaired) electrons. The first kappa shape index (κ1) is 33.0. The minimum Gasteiger partial charge on any atom is -0.366 e. The van der Waals surface area contributed by atoms with Crippen LogP contribution in [-0.4, -0.2) is 65.1 Å². The summed E-state index contributed by atoms with van der Waals surface area (Å²) in [4.78, 5) is 52.3. The van der Waals surface area contributed by atoms with Gasteiger partial charge in [0.25, 0.3) is 5.91 Å². The summed E-state index contributed by atoms with van der Waals surface area (Å²) in [6, 6.07) is 3.67. The van der Waals surface area contributed by atoms with Crippen LogP contribution in [0, 0.1) is 5.92 Å². The van der Waals surface area contributed by atoms with Crippen molar-refractivity contribution in [2.24, 2.45) is 5.92 Å². The number of nitrogens with one attached hydrogen (secondary N) is 2. The van der Waals surface area contributed by atoms with Gasteiger partial charge in [0.15, 0.2) is 5.78 Å². The Morgan fingerprint density at radius 1 is 1.08 bits per heavy atom. The molecule has 36 heavy (non-hydrogen) atoms. The molecule has 0 unspecified atom stereocenters. The fraction of sp³-hybridized carbons (Fsp3) is 0.565. The van der Waals surface area contributed by atoms with E-state index in [4.69, 9.17) is 16.3 Å². The summed E-state index contributed by atoms with van der Waals surface area (Å²) in [5, 5.41) is 5.26. The summed E-state index contributed by atoms with van der Waals surface area (Å²) in [5.74, 6) is -0.883. The maximum atomic E-state index is 13.7. The Balaban J connectivity index is 0.00000162. The van der Waals surface area contributed by atoms with Gasteiger partial charge in [0.1, 0.15) is 24.8 Å². The molecule has 1 saturated carbocycles. The van der Waals surface area contributed by atoms with E-state index in [1.807, 2.05) is 0 Å². The van der Waals surface area contributed by atoms with Gasteiger partial charge in [-0.2, -0.15) is 54.0 Å². The largest absolute Gasteiger partial charge is 0.366 e. The third-order valence-corrected chi connectivity index (χ3v) is 7.46. The SMILES string of the molecule is O=C1Cc2ccc(C(=O)N[C@H](C(=O)N3C[C@H](Cl)[C@H]4OCC(=O)[C@H]43)C3CCCCC3)cc2N1.S.S.S.S. The molecular weight excluding hydrogens is 562 g/mol. The van der Waals surface area contributed by atoms with E-state index in [0.717, 1.165) is 37.7 Å². The first-order valence-electron chi connectivity index (χ1n) is 11.2. The van der Waals surface area contributed by atoms with Gasteiger partial charge in [0.05, 0.1) is 11.8 Å². The van der Waals surface area contributed by atoms with Crippen LogP contribution in [0.25, 0.3) is 0 Å². The average molecular weight is 596 g/mol. The van der Waals surface area contributed by atoms with Crippen molar-refractivity contribution in [3.05, 3.63) is 29.3 Å². The van der Waals surface area contributed by atoms with Crippen LogP contribution in [-0.2, 0) is 25.5 Å². The Kier molecular flexibility index (Phi) is 12.5. The number of amides is 3. The van der Waals surface area contributed by atoms with Crippen LogP contribution >= 0.6 is 65.6 Å². The van der Waals surface area contributed by atoms with Gasteiger partial charge in [-0.05, 0) is 36.5 Å². The molecule has 3 amide bonds. The van der Waals surface area contributed by atoms with Crippen molar-refractivity contribution in [3.8, 4) is 0 Å². The topological polar surface area (TPSA) is 105 Å². The second-order valence-corrected chi connectivity index (χ2v) is 9.70. The summed E-state index contributed by atoms with van der Waals surface area (Å²) in [6.07, 6.45) is 4.61. The van der Waals surface area contributed by atoms with Gasteiger partial charge < -0.3 is 20.3 Å². The molecule has 1 aromatic rings. The second kappa shape index (κ2) is 13.7. The predicted octanol–water partition coefficient (Wildman–Crippen LogP) is 2.10. The fourth-order valence-electron chi connectivity index (χ4n) is 5.43. The number of carbonyl (C=O) groups excluding carboxylic acids is 4. The molecule has 3 aliphatic heterocycles. The molecular formula is C23H34ClN3O5S4. The molecule has 8 nitrogen and oxygen atoms in total. The maximum absolute atomic E-state index is 13.7. The average Bonchev–Trinajstić information content (AvgIpc) is 3.46. The summed E-state index contributed by atoms with van der Waals surface area (Å²) in [6.45, 7) is 0.190. The summed E-state index contributed by atoms with van der Waals surface area (Å²) < 4.78 is 5.51. The van der Waals surface area contributed by atoms with E-state index in [1.165, 1.54) is 4.90 Å². The molecule has 3 fully saturated rings. The lowest BCUT2D eigenvalue weighted by Gasteiger charge is -2.34. The third-order valence-electron chi connectivity index (χ3n) is 7.08. The van der Waals surface area contributed by atoms with E-state index < -0.39 is 23.6 Å². The number of hydrogen-bond donors (Lipinski definition) is 2. The Morgan fingerprint density at radius 2 is 1.78 bits per heavy atom. The van der Waals surface area contributed by atoms with Crippen LogP contribution in [0.1, 0.15) is 48.0 Å². The molecule has 1 aromatic carbocycles. The van der Waals surface area contributed by atoms with Gasteiger partial charge in [-0.25, -0.2) is 0 Å². The number of benzene rings is 1. The number of rotatable bonds is 4. The van der Waals surface area contributed by atoms with Crippen molar-refractivity contribution in [3.63, 3.8) is 0 Å². The highest BCUT2D eigenvalue weighted by Gasteiger charge is 2.53. The number of ketones is 1. The Labute approximate surface area is 243 Å². The molecule has 0 aromatic heterocycles. The number of Topliss-reactive ketones (excluding diaryl/α,β-unsaturated/α-hetero) is 1. The van der Waals surface area contributed by atoms with Crippen molar-refractivity contribution < 1.29 is 23.9 Å². The highest BCUT2D eigenvalue weighted by atomic mass is 35.5. The number of halogens is 1. The monoisotopic (exact) mass is 595 g/mol. The smallest absolute Gasteiger partial charge is 0.252 e. The minimum absolute atomic E-state index is 0. The van der Waals surface area contributed by atoms with Gasteiger partial charge in [0.2, 0.25) is 11.8 Å². The number of fused-ring (bicyclic) bond motifs is 2. The Bertz CT molecular complexity index is 994. The number of alkyl halides is 1. The number of hydrogen-bond acceptors (Lipinski definition) is 5. The maximum Gasteiger partial charge on any atom is 0.252 e. The zero-order valence-electron chi connectivity index (χ0n) is 19.6. The third kappa shape index (κ3) is 6.32. The van der Waals surface area contributed by atoms with Crippen molar-refractivity contribution in [1.82, 2.24) is 10.2 Å². The molecule has 2 saturated heterocycles. The normalized spacial score (nSPS) is 25.1. The first-order chi connectivity index (χ1) is 15.4. The van der Waals surface area contributed by atoms with Crippen LogP contribution in [0.3, 0.4) is 0 Å². The molecule has 0 spiro atoms. The molecule has 5 rings (SSSR count). The van der Waals surface area contributed by atoms with Gasteiger partial charge in [0, 0.05) is 17.8 Å². The van der Waals surface area contributed by atoms with E-state index >= 15 is 0 Å². The van der Waals surface area contributed by atoms with Crippen LogP contribution in [0.15, 0.2) is 18.2 Å². The fourth-order valence-corrected chi connectivity index (χ4v) is 5.79. The van der Waals surface area contributed by atoms with Gasteiger partial charge in [-0.1, -0.05) is 25.3 Å². The molecule has 13 heteroatoms. The number of carbonyl (C=O) groups is 4. The number of nitrogens with zero attached hydrogens (tertiary/aromatic N) is 1. The van der Waals surface area contributed by atoms with Crippen molar-refractivity contribution in [2.75, 3.05) is 18.5 Å². The standard InChI is InChI=1S/C23H26ClN3O5.4H2S/c24-15-10-27(20-17(28)11-32-21(15)20)23(31)19(12-4-2-1-3-5-12)26-22(30)14-7-6-13-9-18(29)25-16(13)8-14;;;;/h6-8,12,15,19-21H,1-5,9-11H2,(H,25,29)(H,26,30);4*1H2/t15-,19-,20+,21+;;;;/m0..../s1. The van der Waals surface area contributed by atoms with Crippen molar-refractivity contribution in [1.29, 1.82) is 0 Å². The second-order valence-electron chi connectivity index (χ2n) is 9.14. The van der Waals surface area contributed by atoms with Crippen molar-refractivity contribution >= 4 is 94.8 Å². The summed E-state index contributed by atoms with van der Waals surface area (Å²) in [7, 11) is 0. The molecule has 1 aliphatic carbocycles. The Hall–Kier alpha value is -1.05. The zero-order chi connectivity index (χ0) is 22.4. The molecule has 202 valence electrons. The van der Waals surface area contributed by atoms with Crippen LogP contribution in [0.4, 0.5) is 5.69 Å². The lowest BCUT2D eigenvalue weighted by molar-refractivity contribution is -0.139. The molecule has 2 N–H and O–H groups in total. The van der Waals surface area contributed by atoms with Crippen molar-refractivity contribution in [2.45, 2.75) is 62.1 Å². The number of ether oxygens (including phenoxy) is 1. The van der Waals surface area contributed by atoms with E-state index in [0.29, 0.717) is 17.7 Å². The lowest BCUT2D eigenvalue weighted by atomic mass is 9.83. The summed E-state index contributed by atoms with van der Waals surface area (Å²) in [5.41, 5.74) is 1.86. The molecule has 4 aliphatic rings. The molecule has 3 heterocycles. The number of likely N-dealkylation sites (tertiary alicyclic amines) is 1. The van der Waals surface area contributed by atoms with E-state index in [9.17, 15) is 19.2 Å². The molecule has 0 bridgehead atoms. The van der Waals surface area contributed by atoms with Gasteiger partial charge >= 0.3 is 0 Å². The van der Waals surface area contributed by atoms with Crippen LogP contribution in [0.2, 0.25) is 0 Å². The Morgan fingerprint density at radius 3 is 2.47 bits per heavy atom. The lowest BCUT2D eigenvalue weighted by Crippen LogP contribution is -2.55.